The highest BCUT2D eigenvalue weighted by Crippen LogP contribution is 2.24. The Morgan fingerprint density at radius 1 is 1.32 bits per heavy atom. The van der Waals surface area contributed by atoms with Crippen molar-refractivity contribution >= 4 is 11.8 Å². The molecule has 0 radical (unpaired) electrons. The smallest absolute Gasteiger partial charge is 0.358 e. The van der Waals surface area contributed by atoms with Gasteiger partial charge in [-0.1, -0.05) is 13.8 Å². The number of ether oxygens (including phenoxy) is 1. The van der Waals surface area contributed by atoms with Gasteiger partial charge in [0, 0.05) is 13.1 Å². The summed E-state index contributed by atoms with van der Waals surface area (Å²) >= 11 is 0. The van der Waals surface area contributed by atoms with E-state index in [2.05, 4.69) is 28.9 Å². The van der Waals surface area contributed by atoms with E-state index < -0.39 is 5.97 Å². The third kappa shape index (κ3) is 3.43. The van der Waals surface area contributed by atoms with Crippen molar-refractivity contribution < 1.29 is 9.53 Å². The lowest BCUT2D eigenvalue weighted by atomic mass is 9.92. The van der Waals surface area contributed by atoms with E-state index in [1.807, 2.05) is 6.07 Å². The maximum Gasteiger partial charge on any atom is 0.358 e. The highest BCUT2D eigenvalue weighted by molar-refractivity contribution is 5.87. The molecule has 0 saturated carbocycles. The second-order valence-electron chi connectivity index (χ2n) is 5.35. The van der Waals surface area contributed by atoms with E-state index in [9.17, 15) is 4.79 Å². The van der Waals surface area contributed by atoms with E-state index in [0.717, 1.165) is 18.9 Å². The number of nitrogens with zero attached hydrogens (tertiary/aromatic N) is 3. The Bertz CT molecular complexity index is 423. The first-order valence-electron chi connectivity index (χ1n) is 6.86. The third-order valence-corrected chi connectivity index (χ3v) is 3.33. The molecule has 0 bridgehead atoms. The minimum atomic E-state index is -0.415. The van der Waals surface area contributed by atoms with Gasteiger partial charge in [-0.05, 0) is 37.3 Å². The highest BCUT2D eigenvalue weighted by Gasteiger charge is 2.23. The predicted octanol–water partition coefficient (Wildman–Crippen LogP) is 2.14. The maximum absolute atomic E-state index is 11.5. The molecule has 0 amide bonds. The van der Waals surface area contributed by atoms with Gasteiger partial charge < -0.3 is 9.64 Å². The average Bonchev–Trinajstić information content (AvgIpc) is 2.38. The van der Waals surface area contributed by atoms with Gasteiger partial charge in [-0.3, -0.25) is 0 Å². The number of carbonyl (C=O) groups excluding carboxylic acids is 1. The van der Waals surface area contributed by atoms with Crippen molar-refractivity contribution in [2.75, 3.05) is 24.6 Å². The fraction of sp³-hybridized carbons (Fsp3) is 0.643. The Kier molecular flexibility index (Phi) is 4.35. The van der Waals surface area contributed by atoms with E-state index in [-0.39, 0.29) is 5.69 Å². The lowest BCUT2D eigenvalue weighted by Crippen LogP contribution is -2.39. The quantitative estimate of drug-likeness (QED) is 0.782. The fourth-order valence-electron chi connectivity index (χ4n) is 2.66. The van der Waals surface area contributed by atoms with Crippen molar-refractivity contribution in [3.8, 4) is 0 Å². The van der Waals surface area contributed by atoms with Gasteiger partial charge >= 0.3 is 5.97 Å². The summed E-state index contributed by atoms with van der Waals surface area (Å²) in [6.07, 6.45) is 1.25. The second-order valence-corrected chi connectivity index (χ2v) is 5.35. The number of rotatable bonds is 3. The molecule has 104 valence electrons. The van der Waals surface area contributed by atoms with E-state index in [4.69, 9.17) is 4.74 Å². The van der Waals surface area contributed by atoms with E-state index in [1.165, 1.54) is 6.42 Å². The Morgan fingerprint density at radius 2 is 2.00 bits per heavy atom. The van der Waals surface area contributed by atoms with Crippen LogP contribution in [0.2, 0.25) is 0 Å². The lowest BCUT2D eigenvalue weighted by Gasteiger charge is -2.35. The van der Waals surface area contributed by atoms with Gasteiger partial charge in [0.05, 0.1) is 6.61 Å². The molecule has 1 aromatic rings. The van der Waals surface area contributed by atoms with Crippen LogP contribution in [0.1, 0.15) is 37.7 Å². The molecule has 0 aliphatic carbocycles. The zero-order chi connectivity index (χ0) is 13.8. The molecule has 2 atom stereocenters. The summed E-state index contributed by atoms with van der Waals surface area (Å²) in [5.41, 5.74) is 0.267. The largest absolute Gasteiger partial charge is 0.461 e. The molecule has 0 unspecified atom stereocenters. The monoisotopic (exact) mass is 263 g/mol. The number of carbonyl (C=O) groups is 1. The first kappa shape index (κ1) is 13.8. The van der Waals surface area contributed by atoms with Crippen molar-refractivity contribution in [3.05, 3.63) is 17.8 Å². The van der Waals surface area contributed by atoms with Crippen LogP contribution in [0.5, 0.6) is 0 Å². The van der Waals surface area contributed by atoms with Crippen molar-refractivity contribution in [1.29, 1.82) is 0 Å². The summed E-state index contributed by atoms with van der Waals surface area (Å²) in [6, 6.07) is 3.54. The number of anilines is 1. The van der Waals surface area contributed by atoms with Gasteiger partial charge in [0.1, 0.15) is 0 Å². The standard InChI is InChI=1S/C14H21N3O2/c1-4-19-14(18)12-5-6-13(16-15-12)17-8-10(2)7-11(3)9-17/h5-6,10-11H,4,7-9H2,1-3H3/t10-,11-/m0/s1. The number of hydrogen-bond donors (Lipinski definition) is 0. The molecule has 0 N–H and O–H groups in total. The number of piperidine rings is 1. The molecular formula is C14H21N3O2. The van der Waals surface area contributed by atoms with Crippen LogP contribution in [0, 0.1) is 11.8 Å². The van der Waals surface area contributed by atoms with Crippen molar-refractivity contribution in [2.45, 2.75) is 27.2 Å². The fourth-order valence-corrected chi connectivity index (χ4v) is 2.66. The van der Waals surface area contributed by atoms with Gasteiger partial charge in [-0.15, -0.1) is 10.2 Å². The molecule has 5 nitrogen and oxygen atoms in total. The topological polar surface area (TPSA) is 55.3 Å². The summed E-state index contributed by atoms with van der Waals surface area (Å²) in [4.78, 5) is 13.7. The number of hydrogen-bond acceptors (Lipinski definition) is 5. The van der Waals surface area contributed by atoms with Crippen LogP contribution >= 0.6 is 0 Å². The SMILES string of the molecule is CCOC(=O)c1ccc(N2C[C@@H](C)C[C@H](C)C2)nn1. The molecule has 0 aromatic carbocycles. The van der Waals surface area contributed by atoms with E-state index >= 15 is 0 Å². The zero-order valence-electron chi connectivity index (χ0n) is 11.8. The molecule has 2 rings (SSSR count). The number of aromatic nitrogens is 2. The molecule has 1 aliphatic rings. The van der Waals surface area contributed by atoms with Crippen LogP contribution in [0.25, 0.3) is 0 Å². The van der Waals surface area contributed by atoms with Gasteiger partial charge in [0.2, 0.25) is 0 Å². The first-order valence-corrected chi connectivity index (χ1v) is 6.86. The van der Waals surface area contributed by atoms with E-state index in [1.54, 1.807) is 13.0 Å². The lowest BCUT2D eigenvalue weighted by molar-refractivity contribution is 0.0518. The minimum absolute atomic E-state index is 0.267. The van der Waals surface area contributed by atoms with Crippen LogP contribution < -0.4 is 4.90 Å². The van der Waals surface area contributed by atoms with Crippen LogP contribution in [0.15, 0.2) is 12.1 Å². The molecule has 0 spiro atoms. The summed E-state index contributed by atoms with van der Waals surface area (Å²) in [6.45, 7) is 8.63. The Labute approximate surface area is 114 Å². The van der Waals surface area contributed by atoms with Crippen molar-refractivity contribution in [3.63, 3.8) is 0 Å². The Morgan fingerprint density at radius 3 is 2.53 bits per heavy atom. The Balaban J connectivity index is 2.07. The third-order valence-electron chi connectivity index (χ3n) is 3.33. The second kappa shape index (κ2) is 5.99. The summed E-state index contributed by atoms with van der Waals surface area (Å²) in [7, 11) is 0. The molecule has 5 heteroatoms. The molecule has 1 saturated heterocycles. The average molecular weight is 263 g/mol. The maximum atomic E-state index is 11.5. The van der Waals surface area contributed by atoms with Gasteiger partial charge in [-0.25, -0.2) is 4.79 Å². The van der Waals surface area contributed by atoms with Crippen LogP contribution in [-0.4, -0.2) is 35.9 Å². The molecule has 1 fully saturated rings. The van der Waals surface area contributed by atoms with Gasteiger partial charge in [0.25, 0.3) is 0 Å². The van der Waals surface area contributed by atoms with E-state index in [0.29, 0.717) is 18.4 Å². The van der Waals surface area contributed by atoms with Crippen molar-refractivity contribution in [2.24, 2.45) is 11.8 Å². The highest BCUT2D eigenvalue weighted by atomic mass is 16.5. The number of esters is 1. The Hall–Kier alpha value is -1.65. The van der Waals surface area contributed by atoms with Gasteiger partial charge in [0.15, 0.2) is 11.5 Å². The summed E-state index contributed by atoms with van der Waals surface area (Å²) < 4.78 is 4.89. The van der Waals surface area contributed by atoms with Crippen LogP contribution in [-0.2, 0) is 4.74 Å². The first-order chi connectivity index (χ1) is 9.10. The predicted molar refractivity (Wildman–Crippen MR) is 73.1 cm³/mol. The van der Waals surface area contributed by atoms with Crippen LogP contribution in [0.4, 0.5) is 5.82 Å². The molecule has 19 heavy (non-hydrogen) atoms. The molecular weight excluding hydrogens is 242 g/mol. The molecule has 1 aromatic heterocycles. The molecule has 2 heterocycles. The van der Waals surface area contributed by atoms with Crippen LogP contribution in [0.3, 0.4) is 0 Å². The molecule has 1 aliphatic heterocycles. The normalized spacial score (nSPS) is 23.2. The minimum Gasteiger partial charge on any atom is -0.461 e. The summed E-state index contributed by atoms with van der Waals surface area (Å²) in [5, 5.41) is 8.11. The zero-order valence-corrected chi connectivity index (χ0v) is 11.8. The van der Waals surface area contributed by atoms with Crippen molar-refractivity contribution in [1.82, 2.24) is 10.2 Å². The summed E-state index contributed by atoms with van der Waals surface area (Å²) in [5.74, 6) is 1.75. The van der Waals surface area contributed by atoms with Gasteiger partial charge in [-0.2, -0.15) is 0 Å².